The van der Waals surface area contributed by atoms with Gasteiger partial charge in [-0.2, -0.15) is 5.26 Å². The topological polar surface area (TPSA) is 59.3 Å². The lowest BCUT2D eigenvalue weighted by Crippen LogP contribution is -2.48. The molecule has 0 radical (unpaired) electrons. The summed E-state index contributed by atoms with van der Waals surface area (Å²) in [6, 6.07) is 2.12. The van der Waals surface area contributed by atoms with Crippen LogP contribution in [0, 0.1) is 11.3 Å². The molecule has 0 amide bonds. The van der Waals surface area contributed by atoms with Gasteiger partial charge in [-0.15, -0.1) is 0 Å². The normalized spacial score (nSPS) is 30.6. The highest BCUT2D eigenvalue weighted by atomic mass is 16.6. The van der Waals surface area contributed by atoms with Crippen molar-refractivity contribution in [3.05, 3.63) is 0 Å². The molecule has 1 aliphatic carbocycles. The second kappa shape index (κ2) is 5.13. The fourth-order valence-corrected chi connectivity index (χ4v) is 2.05. The van der Waals surface area contributed by atoms with E-state index >= 15 is 0 Å². The zero-order chi connectivity index (χ0) is 11.3. The highest BCUT2D eigenvalue weighted by molar-refractivity contribution is 5.67. The molecule has 0 bridgehead atoms. The first-order chi connectivity index (χ1) is 7.14. The first-order valence-corrected chi connectivity index (χ1v) is 5.37. The molecule has 0 aliphatic heterocycles. The highest BCUT2D eigenvalue weighted by Crippen LogP contribution is 2.33. The minimum atomic E-state index is -1.06. The molecule has 1 saturated carbocycles. The number of esters is 1. The summed E-state index contributed by atoms with van der Waals surface area (Å²) >= 11 is 0. The summed E-state index contributed by atoms with van der Waals surface area (Å²) < 4.78 is 10.7. The summed E-state index contributed by atoms with van der Waals surface area (Å²) in [4.78, 5) is 11.0. The molecule has 4 heteroatoms. The molecule has 0 saturated heterocycles. The Hall–Kier alpha value is -1.08. The van der Waals surface area contributed by atoms with Gasteiger partial charge in [0.1, 0.15) is 12.2 Å². The smallest absolute Gasteiger partial charge is 0.304 e. The van der Waals surface area contributed by atoms with Crippen LogP contribution in [0.3, 0.4) is 0 Å². The molecule has 1 aliphatic rings. The van der Waals surface area contributed by atoms with Gasteiger partial charge in [-0.3, -0.25) is 4.79 Å². The summed E-state index contributed by atoms with van der Waals surface area (Å²) in [5.41, 5.74) is -1.06. The Kier molecular flexibility index (Phi) is 4.10. The van der Waals surface area contributed by atoms with Gasteiger partial charge in [0, 0.05) is 20.0 Å². The van der Waals surface area contributed by atoms with Gasteiger partial charge < -0.3 is 9.47 Å². The second-order valence-corrected chi connectivity index (χ2v) is 3.78. The van der Waals surface area contributed by atoms with Crippen molar-refractivity contribution in [3.63, 3.8) is 0 Å². The van der Waals surface area contributed by atoms with Gasteiger partial charge in [0.2, 0.25) is 5.60 Å². The molecule has 2 unspecified atom stereocenters. The maximum absolute atomic E-state index is 11.0. The Morgan fingerprint density at radius 3 is 2.87 bits per heavy atom. The van der Waals surface area contributed by atoms with Crippen molar-refractivity contribution in [2.75, 3.05) is 6.61 Å². The van der Waals surface area contributed by atoms with E-state index < -0.39 is 11.6 Å². The minimum absolute atomic E-state index is 0.273. The Morgan fingerprint density at radius 1 is 1.60 bits per heavy atom. The third-order valence-electron chi connectivity index (χ3n) is 2.67. The predicted octanol–water partition coefficient (Wildman–Crippen LogP) is 1.79. The van der Waals surface area contributed by atoms with Crippen molar-refractivity contribution < 1.29 is 14.3 Å². The summed E-state index contributed by atoms with van der Waals surface area (Å²) in [6.07, 6.45) is 3.02. The molecule has 0 aromatic carbocycles. The van der Waals surface area contributed by atoms with Crippen LogP contribution in [0.25, 0.3) is 0 Å². The van der Waals surface area contributed by atoms with Gasteiger partial charge in [-0.25, -0.2) is 0 Å². The SMILES string of the molecule is CCOC1CCCCC1(C#N)OC(C)=O. The molecule has 4 nitrogen and oxygen atoms in total. The van der Waals surface area contributed by atoms with Gasteiger partial charge in [0.15, 0.2) is 0 Å². The van der Waals surface area contributed by atoms with Crippen LogP contribution in [0.1, 0.15) is 39.5 Å². The average Bonchev–Trinajstić information content (AvgIpc) is 2.20. The van der Waals surface area contributed by atoms with Crippen molar-refractivity contribution in [1.82, 2.24) is 0 Å². The third kappa shape index (κ3) is 2.69. The molecule has 2 atom stereocenters. The van der Waals surface area contributed by atoms with Crippen LogP contribution in [0.2, 0.25) is 0 Å². The Balaban J connectivity index is 2.81. The standard InChI is InChI=1S/C11H17NO3/c1-3-14-10-6-4-5-7-11(10,8-12)15-9(2)13/h10H,3-7H2,1-2H3. The van der Waals surface area contributed by atoms with Crippen LogP contribution >= 0.6 is 0 Å². The van der Waals surface area contributed by atoms with Crippen molar-refractivity contribution >= 4 is 5.97 Å². The zero-order valence-corrected chi connectivity index (χ0v) is 9.28. The quantitative estimate of drug-likeness (QED) is 0.668. The van der Waals surface area contributed by atoms with Gasteiger partial charge in [0.05, 0.1) is 0 Å². The van der Waals surface area contributed by atoms with E-state index in [9.17, 15) is 10.1 Å². The van der Waals surface area contributed by atoms with Crippen molar-refractivity contribution in [2.24, 2.45) is 0 Å². The molecular formula is C11H17NO3. The fraction of sp³-hybridized carbons (Fsp3) is 0.818. The van der Waals surface area contributed by atoms with E-state index in [0.717, 1.165) is 19.3 Å². The molecule has 0 N–H and O–H groups in total. The van der Waals surface area contributed by atoms with E-state index in [1.165, 1.54) is 6.92 Å². The van der Waals surface area contributed by atoms with Crippen molar-refractivity contribution in [3.8, 4) is 6.07 Å². The first kappa shape index (κ1) is 12.0. The molecule has 0 aromatic rings. The molecule has 1 fully saturated rings. The van der Waals surface area contributed by atoms with Gasteiger partial charge in [-0.1, -0.05) is 6.42 Å². The lowest BCUT2D eigenvalue weighted by molar-refractivity contribution is -0.171. The third-order valence-corrected chi connectivity index (χ3v) is 2.67. The average molecular weight is 211 g/mol. The van der Waals surface area contributed by atoms with Gasteiger partial charge in [-0.05, 0) is 19.8 Å². The molecule has 0 spiro atoms. The van der Waals surface area contributed by atoms with E-state index in [4.69, 9.17) is 9.47 Å². The monoisotopic (exact) mass is 211 g/mol. The Labute approximate surface area is 90.2 Å². The van der Waals surface area contributed by atoms with Crippen LogP contribution in [0.15, 0.2) is 0 Å². The minimum Gasteiger partial charge on any atom is -0.441 e. The number of carbonyl (C=O) groups excluding carboxylic acids is 1. The van der Waals surface area contributed by atoms with E-state index in [2.05, 4.69) is 6.07 Å². The number of hydrogen-bond donors (Lipinski definition) is 0. The maximum atomic E-state index is 11.0. The van der Waals surface area contributed by atoms with Crippen LogP contribution in [0.5, 0.6) is 0 Å². The summed E-state index contributed by atoms with van der Waals surface area (Å²) in [5, 5.41) is 9.18. The van der Waals surface area contributed by atoms with Crippen molar-refractivity contribution in [1.29, 1.82) is 5.26 Å². The fourth-order valence-electron chi connectivity index (χ4n) is 2.05. The zero-order valence-electron chi connectivity index (χ0n) is 9.28. The van der Waals surface area contributed by atoms with Gasteiger partial charge >= 0.3 is 5.97 Å². The van der Waals surface area contributed by atoms with E-state index in [1.807, 2.05) is 6.92 Å². The molecule has 0 heterocycles. The van der Waals surface area contributed by atoms with Crippen LogP contribution < -0.4 is 0 Å². The van der Waals surface area contributed by atoms with Gasteiger partial charge in [0.25, 0.3) is 0 Å². The number of hydrogen-bond acceptors (Lipinski definition) is 4. The first-order valence-electron chi connectivity index (χ1n) is 5.37. The summed E-state index contributed by atoms with van der Waals surface area (Å²) in [7, 11) is 0. The molecular weight excluding hydrogens is 194 g/mol. The summed E-state index contributed by atoms with van der Waals surface area (Å²) in [6.45, 7) is 3.75. The summed E-state index contributed by atoms with van der Waals surface area (Å²) in [5.74, 6) is -0.414. The van der Waals surface area contributed by atoms with E-state index in [1.54, 1.807) is 0 Å². The van der Waals surface area contributed by atoms with Crippen LogP contribution in [0.4, 0.5) is 0 Å². The number of ether oxygens (including phenoxy) is 2. The predicted molar refractivity (Wildman–Crippen MR) is 54.0 cm³/mol. The number of nitriles is 1. The largest absolute Gasteiger partial charge is 0.441 e. The second-order valence-electron chi connectivity index (χ2n) is 3.78. The Bertz CT molecular complexity index is 269. The number of nitrogens with zero attached hydrogens (tertiary/aromatic N) is 1. The molecule has 84 valence electrons. The van der Waals surface area contributed by atoms with E-state index in [-0.39, 0.29) is 6.10 Å². The lowest BCUT2D eigenvalue weighted by atomic mass is 9.83. The molecule has 0 aromatic heterocycles. The Morgan fingerprint density at radius 2 is 2.33 bits per heavy atom. The molecule has 15 heavy (non-hydrogen) atoms. The van der Waals surface area contributed by atoms with Crippen LogP contribution in [-0.4, -0.2) is 24.3 Å². The molecule has 1 rings (SSSR count). The number of carbonyl (C=O) groups is 1. The lowest BCUT2D eigenvalue weighted by Gasteiger charge is -2.37. The maximum Gasteiger partial charge on any atom is 0.304 e. The highest BCUT2D eigenvalue weighted by Gasteiger charge is 2.45. The van der Waals surface area contributed by atoms with Crippen molar-refractivity contribution in [2.45, 2.75) is 51.2 Å². The van der Waals surface area contributed by atoms with Crippen LogP contribution in [-0.2, 0) is 14.3 Å². The van der Waals surface area contributed by atoms with E-state index in [0.29, 0.717) is 13.0 Å². The number of rotatable bonds is 3.